The summed E-state index contributed by atoms with van der Waals surface area (Å²) in [7, 11) is 1.87. The van der Waals surface area contributed by atoms with E-state index in [1.807, 2.05) is 38.2 Å². The van der Waals surface area contributed by atoms with Crippen molar-refractivity contribution in [3.8, 4) is 16.9 Å². The van der Waals surface area contributed by atoms with Gasteiger partial charge in [0.15, 0.2) is 0 Å². The summed E-state index contributed by atoms with van der Waals surface area (Å²) < 4.78 is 7.16. The fraction of sp³-hybridized carbons (Fsp3) is 0.357. The number of nitrogens with zero attached hydrogens (tertiary/aromatic N) is 2. The van der Waals surface area contributed by atoms with Crippen molar-refractivity contribution in [1.82, 2.24) is 9.78 Å². The van der Waals surface area contributed by atoms with Crippen LogP contribution in [0.15, 0.2) is 24.3 Å². The number of hydrogen-bond donors (Lipinski definition) is 1. The fourth-order valence-corrected chi connectivity index (χ4v) is 2.04. The molecule has 0 bridgehead atoms. The maximum Gasteiger partial charge on any atom is 0.129 e. The van der Waals surface area contributed by atoms with Gasteiger partial charge in [0, 0.05) is 12.6 Å². The molecular weight excluding hydrogens is 226 g/mol. The lowest BCUT2D eigenvalue weighted by atomic mass is 10.0. The summed E-state index contributed by atoms with van der Waals surface area (Å²) in [5, 5.41) is 4.42. The van der Waals surface area contributed by atoms with E-state index >= 15 is 0 Å². The van der Waals surface area contributed by atoms with Crippen molar-refractivity contribution in [2.75, 3.05) is 12.3 Å². The van der Waals surface area contributed by atoms with Gasteiger partial charge in [-0.15, -0.1) is 0 Å². The number of aromatic nitrogens is 2. The lowest BCUT2D eigenvalue weighted by Crippen LogP contribution is -1.98. The number of ether oxygens (including phenoxy) is 1. The third kappa shape index (κ3) is 2.18. The number of aryl methyl sites for hydroxylation is 2. The molecule has 0 saturated carbocycles. The maximum atomic E-state index is 6.08. The molecule has 4 heteroatoms. The van der Waals surface area contributed by atoms with Crippen LogP contribution >= 0.6 is 0 Å². The highest BCUT2D eigenvalue weighted by molar-refractivity contribution is 5.77. The Morgan fingerprint density at radius 3 is 2.44 bits per heavy atom. The highest BCUT2D eigenvalue weighted by Gasteiger charge is 2.14. The second-order valence-corrected chi connectivity index (χ2v) is 4.14. The molecule has 2 aromatic rings. The topological polar surface area (TPSA) is 53.1 Å². The van der Waals surface area contributed by atoms with Crippen molar-refractivity contribution >= 4 is 5.82 Å². The number of anilines is 1. The van der Waals surface area contributed by atoms with Gasteiger partial charge in [-0.2, -0.15) is 5.10 Å². The van der Waals surface area contributed by atoms with Gasteiger partial charge in [-0.1, -0.05) is 19.1 Å². The van der Waals surface area contributed by atoms with E-state index < -0.39 is 0 Å². The van der Waals surface area contributed by atoms with Crippen LogP contribution in [-0.4, -0.2) is 16.4 Å². The Hall–Kier alpha value is -1.97. The first-order chi connectivity index (χ1) is 8.67. The normalized spacial score (nSPS) is 10.6. The summed E-state index contributed by atoms with van der Waals surface area (Å²) in [4.78, 5) is 0. The molecule has 0 amide bonds. The lowest BCUT2D eigenvalue weighted by Gasteiger charge is -2.06. The molecule has 0 aliphatic carbocycles. The molecule has 0 saturated heterocycles. The van der Waals surface area contributed by atoms with Gasteiger partial charge in [-0.25, -0.2) is 0 Å². The van der Waals surface area contributed by atoms with E-state index in [1.165, 1.54) is 0 Å². The van der Waals surface area contributed by atoms with Crippen molar-refractivity contribution in [3.05, 3.63) is 30.0 Å². The zero-order chi connectivity index (χ0) is 13.1. The van der Waals surface area contributed by atoms with E-state index in [0.717, 1.165) is 29.0 Å². The van der Waals surface area contributed by atoms with Gasteiger partial charge >= 0.3 is 0 Å². The minimum absolute atomic E-state index is 0.675. The standard InChI is InChI=1S/C14H19N3O/c1-4-12-13(14(15)17(3)16-12)10-6-8-11(9-7-10)18-5-2/h6-9H,4-5,15H2,1-3H3. The van der Waals surface area contributed by atoms with Gasteiger partial charge in [0.2, 0.25) is 0 Å². The van der Waals surface area contributed by atoms with Crippen LogP contribution in [0.5, 0.6) is 5.75 Å². The molecule has 0 spiro atoms. The molecule has 18 heavy (non-hydrogen) atoms. The largest absolute Gasteiger partial charge is 0.494 e. The molecule has 1 heterocycles. The molecule has 2 rings (SSSR count). The minimum atomic E-state index is 0.675. The van der Waals surface area contributed by atoms with Crippen LogP contribution in [0.4, 0.5) is 5.82 Å². The molecule has 4 nitrogen and oxygen atoms in total. The molecule has 96 valence electrons. The van der Waals surface area contributed by atoms with Crippen LogP contribution in [0.2, 0.25) is 0 Å². The predicted molar refractivity (Wildman–Crippen MR) is 73.6 cm³/mol. The number of benzene rings is 1. The van der Waals surface area contributed by atoms with Crippen LogP contribution in [-0.2, 0) is 13.5 Å². The summed E-state index contributed by atoms with van der Waals surface area (Å²) in [6.07, 6.45) is 0.869. The van der Waals surface area contributed by atoms with Crippen LogP contribution < -0.4 is 10.5 Å². The lowest BCUT2D eigenvalue weighted by molar-refractivity contribution is 0.340. The molecule has 0 aliphatic rings. The average molecular weight is 245 g/mol. The Labute approximate surface area is 107 Å². The number of rotatable bonds is 4. The maximum absolute atomic E-state index is 6.08. The highest BCUT2D eigenvalue weighted by atomic mass is 16.5. The van der Waals surface area contributed by atoms with Crippen molar-refractivity contribution < 1.29 is 4.74 Å². The minimum Gasteiger partial charge on any atom is -0.494 e. The molecule has 0 atom stereocenters. The van der Waals surface area contributed by atoms with Crippen LogP contribution in [0.1, 0.15) is 19.5 Å². The zero-order valence-corrected chi connectivity index (χ0v) is 11.1. The number of hydrogen-bond acceptors (Lipinski definition) is 3. The smallest absolute Gasteiger partial charge is 0.129 e. The second-order valence-electron chi connectivity index (χ2n) is 4.14. The van der Waals surface area contributed by atoms with Gasteiger partial charge < -0.3 is 10.5 Å². The van der Waals surface area contributed by atoms with Gasteiger partial charge in [0.25, 0.3) is 0 Å². The molecule has 0 radical (unpaired) electrons. The summed E-state index contributed by atoms with van der Waals surface area (Å²) in [6, 6.07) is 7.98. The second kappa shape index (κ2) is 5.12. The van der Waals surface area contributed by atoms with E-state index in [1.54, 1.807) is 4.68 Å². The van der Waals surface area contributed by atoms with E-state index in [-0.39, 0.29) is 0 Å². The van der Waals surface area contributed by atoms with Gasteiger partial charge in [0.05, 0.1) is 12.3 Å². The molecule has 1 aromatic carbocycles. The van der Waals surface area contributed by atoms with E-state index in [2.05, 4.69) is 12.0 Å². The van der Waals surface area contributed by atoms with E-state index in [4.69, 9.17) is 10.5 Å². The van der Waals surface area contributed by atoms with Crippen LogP contribution in [0, 0.1) is 0 Å². The summed E-state index contributed by atoms with van der Waals surface area (Å²) >= 11 is 0. The monoisotopic (exact) mass is 245 g/mol. The first-order valence-electron chi connectivity index (χ1n) is 6.22. The average Bonchev–Trinajstić information content (AvgIpc) is 2.67. The quantitative estimate of drug-likeness (QED) is 0.900. The summed E-state index contributed by atoms with van der Waals surface area (Å²) in [5.74, 6) is 1.58. The molecule has 2 N–H and O–H groups in total. The van der Waals surface area contributed by atoms with Crippen LogP contribution in [0.25, 0.3) is 11.1 Å². The molecule has 0 aliphatic heterocycles. The Morgan fingerprint density at radius 1 is 1.22 bits per heavy atom. The molecular formula is C14H19N3O. The predicted octanol–water partition coefficient (Wildman–Crippen LogP) is 2.63. The third-order valence-corrected chi connectivity index (χ3v) is 2.95. The highest BCUT2D eigenvalue weighted by Crippen LogP contribution is 2.30. The molecule has 0 unspecified atom stereocenters. The van der Waals surface area contributed by atoms with Gasteiger partial charge in [-0.05, 0) is 31.0 Å². The SMILES string of the molecule is CCOc1ccc(-c2c(CC)nn(C)c2N)cc1. The van der Waals surface area contributed by atoms with E-state index in [0.29, 0.717) is 12.4 Å². The Kier molecular flexibility index (Phi) is 3.55. The van der Waals surface area contributed by atoms with E-state index in [9.17, 15) is 0 Å². The Morgan fingerprint density at radius 2 is 1.89 bits per heavy atom. The van der Waals surface area contributed by atoms with Crippen molar-refractivity contribution in [1.29, 1.82) is 0 Å². The zero-order valence-electron chi connectivity index (χ0n) is 11.1. The van der Waals surface area contributed by atoms with Gasteiger partial charge in [0.1, 0.15) is 11.6 Å². The van der Waals surface area contributed by atoms with Crippen LogP contribution in [0.3, 0.4) is 0 Å². The molecule has 1 aromatic heterocycles. The fourth-order valence-electron chi connectivity index (χ4n) is 2.04. The Bertz CT molecular complexity index is 529. The van der Waals surface area contributed by atoms with Gasteiger partial charge in [-0.3, -0.25) is 4.68 Å². The molecule has 0 fully saturated rings. The number of nitrogen functional groups attached to an aromatic ring is 1. The summed E-state index contributed by atoms with van der Waals surface area (Å²) in [5.41, 5.74) is 9.22. The first kappa shape index (κ1) is 12.5. The third-order valence-electron chi connectivity index (χ3n) is 2.95. The summed E-state index contributed by atoms with van der Waals surface area (Å²) in [6.45, 7) is 4.73. The van der Waals surface area contributed by atoms with Crippen molar-refractivity contribution in [3.63, 3.8) is 0 Å². The first-order valence-corrected chi connectivity index (χ1v) is 6.22. The number of nitrogens with two attached hydrogens (primary N) is 1. The van der Waals surface area contributed by atoms with Crippen molar-refractivity contribution in [2.45, 2.75) is 20.3 Å². The Balaban J connectivity index is 2.42. The van der Waals surface area contributed by atoms with Crippen molar-refractivity contribution in [2.24, 2.45) is 7.05 Å².